The maximum Gasteiger partial charge on any atom is 0.161 e. The Hall–Kier alpha value is -4.26. The zero-order valence-electron chi connectivity index (χ0n) is 28.2. The fraction of sp³-hybridized carbons (Fsp3) is 0.381. The first-order chi connectivity index (χ1) is 23.7. The van der Waals surface area contributed by atoms with Crippen molar-refractivity contribution in [1.82, 2.24) is 15.2 Å². The summed E-state index contributed by atoms with van der Waals surface area (Å²) < 4.78 is 18.5. The van der Waals surface area contributed by atoms with E-state index in [2.05, 4.69) is 101 Å². The summed E-state index contributed by atoms with van der Waals surface area (Å²) in [6.07, 6.45) is 5.62. The van der Waals surface area contributed by atoms with Gasteiger partial charge in [-0.25, -0.2) is 0 Å². The zero-order chi connectivity index (χ0) is 32.5. The first kappa shape index (κ1) is 31.0. The summed E-state index contributed by atoms with van der Waals surface area (Å²) in [6, 6.07) is 32.6. The Bertz CT molecular complexity index is 1850. The van der Waals surface area contributed by atoms with Crippen LogP contribution in [0.2, 0.25) is 0 Å². The molecule has 8 rings (SSSR count). The van der Waals surface area contributed by atoms with E-state index in [-0.39, 0.29) is 0 Å². The highest BCUT2D eigenvalue weighted by Gasteiger charge is 2.40. The van der Waals surface area contributed by atoms with Crippen LogP contribution in [0.3, 0.4) is 0 Å². The highest BCUT2D eigenvalue weighted by molar-refractivity contribution is 5.86. The lowest BCUT2D eigenvalue weighted by atomic mass is 9.73. The molecule has 6 nitrogen and oxygen atoms in total. The average Bonchev–Trinajstić information content (AvgIpc) is 3.52. The molecule has 3 aliphatic rings. The van der Waals surface area contributed by atoms with Crippen molar-refractivity contribution >= 4 is 10.9 Å². The largest absolute Gasteiger partial charge is 0.493 e. The van der Waals surface area contributed by atoms with E-state index in [1.165, 1.54) is 51.7 Å². The van der Waals surface area contributed by atoms with E-state index in [1.807, 2.05) is 12.1 Å². The molecule has 4 atom stereocenters. The molecule has 1 aromatic heterocycles. The Morgan fingerprint density at radius 2 is 1.58 bits per heavy atom. The van der Waals surface area contributed by atoms with Gasteiger partial charge < -0.3 is 24.5 Å². The minimum atomic E-state index is 0.326. The van der Waals surface area contributed by atoms with Crippen molar-refractivity contribution in [1.29, 1.82) is 0 Å². The third kappa shape index (κ3) is 6.20. The van der Waals surface area contributed by atoms with Gasteiger partial charge in [-0.15, -0.1) is 0 Å². The van der Waals surface area contributed by atoms with E-state index in [4.69, 9.17) is 14.2 Å². The molecule has 6 heteroatoms. The average molecular weight is 642 g/mol. The molecule has 0 spiro atoms. The third-order valence-electron chi connectivity index (χ3n) is 11.1. The number of aromatic amines is 1. The Morgan fingerprint density at radius 3 is 2.33 bits per heavy atom. The number of hydrogen-bond donors (Lipinski definition) is 2. The summed E-state index contributed by atoms with van der Waals surface area (Å²) >= 11 is 0. The monoisotopic (exact) mass is 641 g/mol. The molecule has 5 aromatic rings. The van der Waals surface area contributed by atoms with Crippen LogP contribution in [0.5, 0.6) is 17.2 Å². The van der Waals surface area contributed by atoms with Crippen molar-refractivity contribution in [3.8, 4) is 17.2 Å². The topological polar surface area (TPSA) is 58.8 Å². The third-order valence-corrected chi connectivity index (χ3v) is 11.1. The van der Waals surface area contributed by atoms with Gasteiger partial charge in [0, 0.05) is 41.8 Å². The molecule has 1 fully saturated rings. The zero-order valence-corrected chi connectivity index (χ0v) is 28.2. The van der Waals surface area contributed by atoms with E-state index < -0.39 is 0 Å². The normalized spacial score (nSPS) is 22.0. The fourth-order valence-electron chi connectivity index (χ4n) is 8.57. The van der Waals surface area contributed by atoms with Gasteiger partial charge in [0.05, 0.1) is 7.11 Å². The van der Waals surface area contributed by atoms with E-state index in [0.29, 0.717) is 37.1 Å². The Kier molecular flexibility index (Phi) is 8.85. The molecule has 0 amide bonds. The van der Waals surface area contributed by atoms with Gasteiger partial charge in [0.2, 0.25) is 0 Å². The van der Waals surface area contributed by atoms with Crippen LogP contribution in [0.1, 0.15) is 71.8 Å². The molecule has 2 N–H and O–H groups in total. The first-order valence-corrected chi connectivity index (χ1v) is 17.8. The van der Waals surface area contributed by atoms with E-state index in [0.717, 1.165) is 61.7 Å². The Labute approximate surface area is 284 Å². The molecule has 3 aliphatic heterocycles. The molecule has 4 aromatic carbocycles. The van der Waals surface area contributed by atoms with Crippen molar-refractivity contribution in [2.45, 2.75) is 64.3 Å². The second-order valence-corrected chi connectivity index (χ2v) is 13.9. The summed E-state index contributed by atoms with van der Waals surface area (Å²) in [6.45, 7) is 6.78. The molecule has 0 saturated carbocycles. The number of methoxy groups -OCH3 is 1. The van der Waals surface area contributed by atoms with Crippen molar-refractivity contribution in [3.05, 3.63) is 125 Å². The summed E-state index contributed by atoms with van der Waals surface area (Å²) in [5, 5.41) is 5.23. The molecule has 48 heavy (non-hydrogen) atoms. The highest BCUT2D eigenvalue weighted by Crippen LogP contribution is 2.48. The van der Waals surface area contributed by atoms with Gasteiger partial charge >= 0.3 is 0 Å². The number of ether oxygens (including phenoxy) is 3. The molecule has 0 bridgehead atoms. The maximum atomic E-state index is 6.31. The SMILES string of the molecule is CC[C@H]1CN2CCc3cc(OCc4ccccc4)c(OC)cc3[C@@H]2C[C@@H]1C[C@H]1NCCc2c1[nH]c1ccc(OCc3ccccc3)cc21. The molecule has 0 aliphatic carbocycles. The minimum absolute atomic E-state index is 0.326. The number of hydrogen-bond acceptors (Lipinski definition) is 5. The van der Waals surface area contributed by atoms with Crippen LogP contribution in [0.25, 0.3) is 10.9 Å². The fourth-order valence-corrected chi connectivity index (χ4v) is 8.57. The van der Waals surface area contributed by atoms with Crippen LogP contribution in [-0.2, 0) is 26.1 Å². The minimum Gasteiger partial charge on any atom is -0.493 e. The van der Waals surface area contributed by atoms with Crippen LogP contribution in [0.4, 0.5) is 0 Å². The van der Waals surface area contributed by atoms with Crippen molar-refractivity contribution in [3.63, 3.8) is 0 Å². The van der Waals surface area contributed by atoms with Crippen LogP contribution in [0, 0.1) is 11.8 Å². The van der Waals surface area contributed by atoms with Crippen molar-refractivity contribution in [2.75, 3.05) is 26.7 Å². The summed E-state index contributed by atoms with van der Waals surface area (Å²) in [5.74, 6) is 3.93. The van der Waals surface area contributed by atoms with Gasteiger partial charge in [-0.1, -0.05) is 74.0 Å². The van der Waals surface area contributed by atoms with Gasteiger partial charge in [-0.05, 0) is 102 Å². The Morgan fingerprint density at radius 1 is 0.812 bits per heavy atom. The summed E-state index contributed by atoms with van der Waals surface area (Å²) in [7, 11) is 1.76. The number of piperidine rings is 1. The van der Waals surface area contributed by atoms with Crippen LogP contribution >= 0.6 is 0 Å². The first-order valence-electron chi connectivity index (χ1n) is 17.8. The predicted octanol–water partition coefficient (Wildman–Crippen LogP) is 8.56. The smallest absolute Gasteiger partial charge is 0.161 e. The van der Waals surface area contributed by atoms with Gasteiger partial charge in [0.1, 0.15) is 19.0 Å². The summed E-state index contributed by atoms with van der Waals surface area (Å²) in [5.41, 5.74) is 9.23. The number of benzene rings is 4. The lowest BCUT2D eigenvalue weighted by molar-refractivity contribution is 0.0433. The lowest BCUT2D eigenvalue weighted by Crippen LogP contribution is -2.46. The van der Waals surface area contributed by atoms with Crippen molar-refractivity contribution < 1.29 is 14.2 Å². The number of nitrogens with one attached hydrogen (secondary N) is 2. The number of fused-ring (bicyclic) bond motifs is 6. The molecule has 0 unspecified atom stereocenters. The van der Waals surface area contributed by atoms with Crippen LogP contribution in [-0.4, -0.2) is 36.6 Å². The predicted molar refractivity (Wildman–Crippen MR) is 192 cm³/mol. The van der Waals surface area contributed by atoms with Gasteiger partial charge in [0.25, 0.3) is 0 Å². The van der Waals surface area contributed by atoms with Crippen molar-refractivity contribution in [2.24, 2.45) is 11.8 Å². The van der Waals surface area contributed by atoms with E-state index >= 15 is 0 Å². The number of rotatable bonds is 10. The van der Waals surface area contributed by atoms with E-state index in [1.54, 1.807) is 7.11 Å². The molecular formula is C42H47N3O3. The van der Waals surface area contributed by atoms with Gasteiger partial charge in [-0.2, -0.15) is 0 Å². The Balaban J connectivity index is 1.01. The maximum absolute atomic E-state index is 6.31. The number of H-pyrrole nitrogens is 1. The molecule has 1 saturated heterocycles. The van der Waals surface area contributed by atoms with Crippen LogP contribution in [0.15, 0.2) is 91.0 Å². The highest BCUT2D eigenvalue weighted by atomic mass is 16.5. The molecule has 4 heterocycles. The lowest BCUT2D eigenvalue weighted by Gasteiger charge is -2.48. The number of nitrogens with zero attached hydrogens (tertiary/aromatic N) is 1. The van der Waals surface area contributed by atoms with Gasteiger partial charge in [0.15, 0.2) is 11.5 Å². The number of aromatic nitrogens is 1. The van der Waals surface area contributed by atoms with E-state index in [9.17, 15) is 0 Å². The molecule has 248 valence electrons. The second kappa shape index (κ2) is 13.7. The van der Waals surface area contributed by atoms with Crippen LogP contribution < -0.4 is 19.5 Å². The quantitative estimate of drug-likeness (QED) is 0.160. The summed E-state index contributed by atoms with van der Waals surface area (Å²) in [4.78, 5) is 6.59. The molecular weight excluding hydrogens is 594 g/mol. The van der Waals surface area contributed by atoms with Gasteiger partial charge in [-0.3, -0.25) is 4.90 Å². The second-order valence-electron chi connectivity index (χ2n) is 13.9. The molecule has 0 radical (unpaired) electrons. The standard InChI is InChI=1S/C42H47N3O3/c1-3-30-25-45-19-17-31-22-41(48-27-29-12-8-5-9-13-29)40(46-2)24-35(31)39(45)21-32(30)20-38-42-34(16-18-43-38)36-23-33(14-15-37(36)44-42)47-26-28-10-6-4-7-11-28/h4-15,22-24,30,32,38-39,43-44H,3,16-21,25-27H2,1-2H3/t30-,32-,38+,39-/m0/s1.